The number of aryl methyl sites for hydroxylation is 1. The van der Waals surface area contributed by atoms with Crippen molar-refractivity contribution in [2.45, 2.75) is 0 Å². The lowest BCUT2D eigenvalue weighted by Crippen LogP contribution is -1.90. The number of nitrogens with zero attached hydrogens (tertiary/aromatic N) is 2. The third kappa shape index (κ3) is 1.25. The van der Waals surface area contributed by atoms with Crippen LogP contribution in [0.4, 0.5) is 0 Å². The third-order valence-electron chi connectivity index (χ3n) is 2.02. The number of fused-ring (bicyclic) bond motifs is 1. The van der Waals surface area contributed by atoms with Crippen LogP contribution in [-0.2, 0) is 7.05 Å². The molecule has 0 aliphatic carbocycles. The van der Waals surface area contributed by atoms with Gasteiger partial charge in [0.1, 0.15) is 5.75 Å². The minimum atomic E-state index is 0.614. The molecule has 0 aliphatic heterocycles. The fourth-order valence-corrected chi connectivity index (χ4v) is 1.56. The maximum atomic E-state index is 5.95. The number of benzene rings is 1. The second-order valence-electron chi connectivity index (χ2n) is 2.81. The molecule has 68 valence electrons. The van der Waals surface area contributed by atoms with Crippen LogP contribution in [0.25, 0.3) is 10.9 Å². The van der Waals surface area contributed by atoms with Crippen molar-refractivity contribution in [2.24, 2.45) is 7.05 Å². The fourth-order valence-electron chi connectivity index (χ4n) is 1.31. The van der Waals surface area contributed by atoms with Gasteiger partial charge < -0.3 is 4.74 Å². The van der Waals surface area contributed by atoms with E-state index in [-0.39, 0.29) is 0 Å². The molecule has 0 amide bonds. The van der Waals surface area contributed by atoms with Gasteiger partial charge in [-0.25, -0.2) is 0 Å². The molecule has 1 aromatic heterocycles. The van der Waals surface area contributed by atoms with Gasteiger partial charge >= 0.3 is 0 Å². The first-order valence-electron chi connectivity index (χ1n) is 3.87. The van der Waals surface area contributed by atoms with Gasteiger partial charge in [0.05, 0.1) is 23.8 Å². The molecule has 0 fully saturated rings. The van der Waals surface area contributed by atoms with E-state index in [1.807, 2.05) is 19.2 Å². The Labute approximate surface area is 80.9 Å². The molecule has 2 aromatic rings. The van der Waals surface area contributed by atoms with Crippen molar-refractivity contribution < 1.29 is 4.74 Å². The van der Waals surface area contributed by atoms with E-state index in [1.165, 1.54) is 0 Å². The SMILES string of the molecule is COc1cc2c(cnn2C)cc1Cl. The quantitative estimate of drug-likeness (QED) is 0.700. The summed E-state index contributed by atoms with van der Waals surface area (Å²) in [6, 6.07) is 3.73. The van der Waals surface area contributed by atoms with Crippen molar-refractivity contribution >= 4 is 22.5 Å². The Balaban J connectivity index is 2.77. The Morgan fingerprint density at radius 2 is 2.23 bits per heavy atom. The average Bonchev–Trinajstić information content (AvgIpc) is 2.46. The summed E-state index contributed by atoms with van der Waals surface area (Å²) in [5.41, 5.74) is 1.02. The van der Waals surface area contributed by atoms with Crippen molar-refractivity contribution in [2.75, 3.05) is 7.11 Å². The maximum absolute atomic E-state index is 5.95. The predicted octanol–water partition coefficient (Wildman–Crippen LogP) is 2.24. The highest BCUT2D eigenvalue weighted by molar-refractivity contribution is 6.32. The molecular formula is C9H9ClN2O. The molecule has 0 radical (unpaired) electrons. The molecule has 0 aliphatic rings. The van der Waals surface area contributed by atoms with Gasteiger partial charge in [-0.3, -0.25) is 4.68 Å². The Kier molecular flexibility index (Phi) is 1.88. The molecule has 0 unspecified atom stereocenters. The summed E-state index contributed by atoms with van der Waals surface area (Å²) in [7, 11) is 3.49. The van der Waals surface area contributed by atoms with E-state index in [0.717, 1.165) is 10.9 Å². The normalized spacial score (nSPS) is 10.7. The molecule has 2 rings (SSSR count). The summed E-state index contributed by atoms with van der Waals surface area (Å²) in [5.74, 6) is 0.678. The Hall–Kier alpha value is -1.22. The lowest BCUT2D eigenvalue weighted by atomic mass is 10.2. The van der Waals surface area contributed by atoms with Gasteiger partial charge in [-0.1, -0.05) is 11.6 Å². The first-order valence-corrected chi connectivity index (χ1v) is 4.25. The van der Waals surface area contributed by atoms with Crippen molar-refractivity contribution in [3.05, 3.63) is 23.4 Å². The Morgan fingerprint density at radius 1 is 1.46 bits per heavy atom. The summed E-state index contributed by atoms with van der Waals surface area (Å²) < 4.78 is 6.89. The Morgan fingerprint density at radius 3 is 2.92 bits per heavy atom. The summed E-state index contributed by atoms with van der Waals surface area (Å²) in [6.45, 7) is 0. The third-order valence-corrected chi connectivity index (χ3v) is 2.32. The van der Waals surface area contributed by atoms with Crippen LogP contribution in [-0.4, -0.2) is 16.9 Å². The van der Waals surface area contributed by atoms with E-state index < -0.39 is 0 Å². The van der Waals surface area contributed by atoms with Crippen molar-refractivity contribution in [1.82, 2.24) is 9.78 Å². The molecule has 0 bridgehead atoms. The number of hydrogen-bond acceptors (Lipinski definition) is 2. The summed E-state index contributed by atoms with van der Waals surface area (Å²) in [4.78, 5) is 0. The highest BCUT2D eigenvalue weighted by Crippen LogP contribution is 2.29. The maximum Gasteiger partial charge on any atom is 0.139 e. The molecule has 0 spiro atoms. The van der Waals surface area contributed by atoms with Crippen molar-refractivity contribution in [1.29, 1.82) is 0 Å². The molecule has 0 saturated carbocycles. The second-order valence-corrected chi connectivity index (χ2v) is 3.22. The minimum Gasteiger partial charge on any atom is -0.495 e. The zero-order valence-electron chi connectivity index (χ0n) is 7.41. The largest absolute Gasteiger partial charge is 0.495 e. The number of aromatic nitrogens is 2. The molecular weight excluding hydrogens is 188 g/mol. The number of methoxy groups -OCH3 is 1. The highest BCUT2D eigenvalue weighted by Gasteiger charge is 2.05. The summed E-state index contributed by atoms with van der Waals surface area (Å²) in [6.07, 6.45) is 1.78. The van der Waals surface area contributed by atoms with E-state index in [9.17, 15) is 0 Å². The molecule has 1 aromatic carbocycles. The zero-order chi connectivity index (χ0) is 9.42. The summed E-state index contributed by atoms with van der Waals surface area (Å²) in [5, 5.41) is 5.75. The van der Waals surface area contributed by atoms with Crippen molar-refractivity contribution in [3.8, 4) is 5.75 Å². The fraction of sp³-hybridized carbons (Fsp3) is 0.222. The first kappa shape index (κ1) is 8.38. The van der Waals surface area contributed by atoms with E-state index in [0.29, 0.717) is 10.8 Å². The van der Waals surface area contributed by atoms with Crippen LogP contribution < -0.4 is 4.74 Å². The van der Waals surface area contributed by atoms with Gasteiger partial charge in [-0.2, -0.15) is 5.10 Å². The topological polar surface area (TPSA) is 27.1 Å². The average molecular weight is 197 g/mol. The van der Waals surface area contributed by atoms with E-state index in [1.54, 1.807) is 18.0 Å². The van der Waals surface area contributed by atoms with Gasteiger partial charge in [0.25, 0.3) is 0 Å². The molecule has 0 N–H and O–H groups in total. The molecule has 3 nitrogen and oxygen atoms in total. The van der Waals surface area contributed by atoms with Crippen LogP contribution in [0.1, 0.15) is 0 Å². The van der Waals surface area contributed by atoms with E-state index >= 15 is 0 Å². The Bertz CT molecular complexity index is 450. The molecule has 4 heteroatoms. The van der Waals surface area contributed by atoms with Gasteiger partial charge in [0, 0.05) is 18.5 Å². The first-order chi connectivity index (χ1) is 6.22. The van der Waals surface area contributed by atoms with Crippen LogP contribution in [0.2, 0.25) is 5.02 Å². The number of ether oxygens (including phenoxy) is 1. The van der Waals surface area contributed by atoms with Gasteiger partial charge in [0.2, 0.25) is 0 Å². The monoisotopic (exact) mass is 196 g/mol. The molecule has 13 heavy (non-hydrogen) atoms. The molecule has 0 saturated heterocycles. The number of rotatable bonds is 1. The van der Waals surface area contributed by atoms with Crippen LogP contribution in [0.3, 0.4) is 0 Å². The smallest absolute Gasteiger partial charge is 0.139 e. The predicted molar refractivity (Wildman–Crippen MR) is 52.3 cm³/mol. The van der Waals surface area contributed by atoms with Crippen molar-refractivity contribution in [3.63, 3.8) is 0 Å². The second kappa shape index (κ2) is 2.92. The van der Waals surface area contributed by atoms with Crippen LogP contribution in [0.5, 0.6) is 5.75 Å². The van der Waals surface area contributed by atoms with Crippen LogP contribution in [0.15, 0.2) is 18.3 Å². The number of hydrogen-bond donors (Lipinski definition) is 0. The molecule has 0 atom stereocenters. The van der Waals surface area contributed by atoms with Gasteiger partial charge in [-0.05, 0) is 6.07 Å². The summed E-state index contributed by atoms with van der Waals surface area (Å²) >= 11 is 5.95. The van der Waals surface area contributed by atoms with Gasteiger partial charge in [-0.15, -0.1) is 0 Å². The highest BCUT2D eigenvalue weighted by atomic mass is 35.5. The van der Waals surface area contributed by atoms with E-state index in [2.05, 4.69) is 5.10 Å². The van der Waals surface area contributed by atoms with E-state index in [4.69, 9.17) is 16.3 Å². The number of halogens is 1. The molecule has 1 heterocycles. The lowest BCUT2D eigenvalue weighted by Gasteiger charge is -2.02. The van der Waals surface area contributed by atoms with Gasteiger partial charge in [0.15, 0.2) is 0 Å². The minimum absolute atomic E-state index is 0.614. The zero-order valence-corrected chi connectivity index (χ0v) is 8.17. The standard InChI is InChI=1S/C9H9ClN2O/c1-12-8-4-9(13-2)7(10)3-6(8)5-11-12/h3-5H,1-2H3. The van der Waals surface area contributed by atoms with Crippen LogP contribution in [0, 0.1) is 0 Å². The van der Waals surface area contributed by atoms with Crippen LogP contribution >= 0.6 is 11.6 Å². The lowest BCUT2D eigenvalue weighted by molar-refractivity contribution is 0.415.